The summed E-state index contributed by atoms with van der Waals surface area (Å²) in [6.45, 7) is 10.9. The van der Waals surface area contributed by atoms with E-state index in [-0.39, 0.29) is 0 Å². The Morgan fingerprint density at radius 1 is 1.35 bits per heavy atom. The highest BCUT2D eigenvalue weighted by atomic mass is 15.2. The first-order chi connectivity index (χ1) is 9.69. The summed E-state index contributed by atoms with van der Waals surface area (Å²) in [4.78, 5) is 6.92. The molecule has 1 saturated heterocycles. The quantitative estimate of drug-likeness (QED) is 0.834. The van der Waals surface area contributed by atoms with Crippen LogP contribution in [-0.2, 0) is 6.54 Å². The van der Waals surface area contributed by atoms with Gasteiger partial charge in [0, 0.05) is 25.8 Å². The summed E-state index contributed by atoms with van der Waals surface area (Å²) in [7, 11) is 0. The third-order valence-corrected chi connectivity index (χ3v) is 5.18. The monoisotopic (exact) mass is 278 g/mol. The molecule has 114 valence electrons. The molecule has 1 aromatic heterocycles. The Kier molecular flexibility index (Phi) is 5.22. The minimum atomic E-state index is 0.323. The topological polar surface area (TPSA) is 47.1 Å². The van der Waals surface area contributed by atoms with Gasteiger partial charge in [-0.3, -0.25) is 4.90 Å². The van der Waals surface area contributed by atoms with Crippen molar-refractivity contribution in [2.24, 2.45) is 11.1 Å². The summed E-state index contributed by atoms with van der Waals surface area (Å²) in [6, 6.07) is 0.323. The Morgan fingerprint density at radius 2 is 2.10 bits per heavy atom. The maximum atomic E-state index is 6.10. The van der Waals surface area contributed by atoms with Crippen LogP contribution >= 0.6 is 0 Å². The second-order valence-corrected chi connectivity index (χ2v) is 6.19. The Bertz CT molecular complexity index is 408. The Balaban J connectivity index is 2.15. The van der Waals surface area contributed by atoms with Gasteiger partial charge in [-0.05, 0) is 37.6 Å². The molecular weight excluding hydrogens is 248 g/mol. The number of nitrogens with zero attached hydrogens (tertiary/aromatic N) is 3. The molecule has 0 amide bonds. The number of imidazole rings is 1. The van der Waals surface area contributed by atoms with E-state index in [9.17, 15) is 0 Å². The molecule has 1 aromatic rings. The largest absolute Gasteiger partial charge is 0.333 e. The third-order valence-electron chi connectivity index (χ3n) is 5.18. The molecule has 1 aliphatic rings. The lowest BCUT2D eigenvalue weighted by molar-refractivity contribution is 0.192. The van der Waals surface area contributed by atoms with E-state index in [0.717, 1.165) is 13.0 Å². The van der Waals surface area contributed by atoms with E-state index in [4.69, 9.17) is 5.73 Å². The van der Waals surface area contributed by atoms with Gasteiger partial charge in [0.1, 0.15) is 0 Å². The predicted molar refractivity (Wildman–Crippen MR) is 83.5 cm³/mol. The number of aryl methyl sites for hydroxylation is 1. The van der Waals surface area contributed by atoms with Crippen molar-refractivity contribution in [3.8, 4) is 0 Å². The van der Waals surface area contributed by atoms with Crippen molar-refractivity contribution in [1.82, 2.24) is 14.5 Å². The van der Waals surface area contributed by atoms with Crippen molar-refractivity contribution in [3.05, 3.63) is 18.2 Å². The van der Waals surface area contributed by atoms with Gasteiger partial charge >= 0.3 is 0 Å². The molecule has 1 atom stereocenters. The van der Waals surface area contributed by atoms with Crippen LogP contribution < -0.4 is 5.73 Å². The highest BCUT2D eigenvalue weighted by molar-refractivity contribution is 5.08. The Morgan fingerprint density at radius 3 is 2.65 bits per heavy atom. The lowest BCUT2D eigenvalue weighted by Gasteiger charge is -2.31. The maximum Gasteiger partial charge on any atom is 0.0948 e. The molecule has 2 rings (SSSR count). The Labute approximate surface area is 123 Å². The SMILES string of the molecule is CCCn1cncc1C(CN)N1CCC(CC)(CC)C1. The zero-order chi connectivity index (χ0) is 14.6. The summed E-state index contributed by atoms with van der Waals surface area (Å²) in [5, 5.41) is 0. The lowest BCUT2D eigenvalue weighted by Crippen LogP contribution is -2.35. The molecule has 1 unspecified atom stereocenters. The average molecular weight is 278 g/mol. The van der Waals surface area contributed by atoms with Gasteiger partial charge < -0.3 is 10.3 Å². The van der Waals surface area contributed by atoms with Gasteiger partial charge in [0.25, 0.3) is 0 Å². The number of aromatic nitrogens is 2. The molecule has 0 spiro atoms. The van der Waals surface area contributed by atoms with Gasteiger partial charge in [0.05, 0.1) is 18.1 Å². The Hall–Kier alpha value is -0.870. The smallest absolute Gasteiger partial charge is 0.0948 e. The second-order valence-electron chi connectivity index (χ2n) is 6.19. The fraction of sp³-hybridized carbons (Fsp3) is 0.812. The summed E-state index contributed by atoms with van der Waals surface area (Å²) < 4.78 is 2.27. The highest BCUT2D eigenvalue weighted by Gasteiger charge is 2.38. The fourth-order valence-corrected chi connectivity index (χ4v) is 3.56. The predicted octanol–water partition coefficient (Wildman–Crippen LogP) is 2.81. The minimum Gasteiger partial charge on any atom is -0.333 e. The van der Waals surface area contributed by atoms with Crippen LogP contribution in [0.2, 0.25) is 0 Å². The number of hydrogen-bond acceptors (Lipinski definition) is 3. The molecule has 1 aliphatic heterocycles. The minimum absolute atomic E-state index is 0.323. The van der Waals surface area contributed by atoms with E-state index >= 15 is 0 Å². The molecule has 1 fully saturated rings. The normalized spacial score (nSPS) is 20.4. The zero-order valence-electron chi connectivity index (χ0n) is 13.3. The van der Waals surface area contributed by atoms with Crippen molar-refractivity contribution in [1.29, 1.82) is 0 Å². The van der Waals surface area contributed by atoms with Gasteiger partial charge in [-0.1, -0.05) is 20.8 Å². The number of rotatable bonds is 7. The summed E-state index contributed by atoms with van der Waals surface area (Å²) in [5.74, 6) is 0. The maximum absolute atomic E-state index is 6.10. The molecule has 0 saturated carbocycles. The average Bonchev–Trinajstić information content (AvgIpc) is 3.09. The molecule has 2 heterocycles. The second kappa shape index (κ2) is 6.72. The van der Waals surface area contributed by atoms with Crippen LogP contribution in [0.15, 0.2) is 12.5 Å². The first kappa shape index (κ1) is 15.5. The van der Waals surface area contributed by atoms with Crippen LogP contribution in [-0.4, -0.2) is 34.1 Å². The van der Waals surface area contributed by atoms with Crippen LogP contribution in [0.5, 0.6) is 0 Å². The van der Waals surface area contributed by atoms with Gasteiger partial charge in [0.2, 0.25) is 0 Å². The number of likely N-dealkylation sites (tertiary alicyclic amines) is 1. The van der Waals surface area contributed by atoms with Crippen molar-refractivity contribution in [2.75, 3.05) is 19.6 Å². The fourth-order valence-electron chi connectivity index (χ4n) is 3.56. The zero-order valence-corrected chi connectivity index (χ0v) is 13.3. The molecule has 0 aliphatic carbocycles. The molecule has 4 heteroatoms. The van der Waals surface area contributed by atoms with Crippen molar-refractivity contribution >= 4 is 0 Å². The van der Waals surface area contributed by atoms with Crippen LogP contribution in [0, 0.1) is 5.41 Å². The van der Waals surface area contributed by atoms with Crippen LogP contribution in [0.3, 0.4) is 0 Å². The van der Waals surface area contributed by atoms with E-state index in [1.165, 1.54) is 38.0 Å². The van der Waals surface area contributed by atoms with E-state index < -0.39 is 0 Å². The summed E-state index contributed by atoms with van der Waals surface area (Å²) in [5.41, 5.74) is 7.89. The van der Waals surface area contributed by atoms with Crippen molar-refractivity contribution in [2.45, 2.75) is 59.0 Å². The molecule has 0 aromatic carbocycles. The molecule has 0 bridgehead atoms. The van der Waals surface area contributed by atoms with Crippen LogP contribution in [0.25, 0.3) is 0 Å². The van der Waals surface area contributed by atoms with E-state index in [0.29, 0.717) is 18.0 Å². The molecule has 4 nitrogen and oxygen atoms in total. The van der Waals surface area contributed by atoms with Crippen molar-refractivity contribution < 1.29 is 0 Å². The van der Waals surface area contributed by atoms with E-state index in [1.807, 2.05) is 12.5 Å². The lowest BCUT2D eigenvalue weighted by atomic mass is 9.82. The van der Waals surface area contributed by atoms with Crippen LogP contribution in [0.4, 0.5) is 0 Å². The number of nitrogens with two attached hydrogens (primary N) is 1. The standard InChI is InChI=1S/C16H30N4/c1-4-8-20-13-18-11-15(20)14(10-17)19-9-7-16(5-2,6-3)12-19/h11,13-14H,4-10,12,17H2,1-3H3. The van der Waals surface area contributed by atoms with Gasteiger partial charge in [-0.25, -0.2) is 4.98 Å². The molecule has 2 N–H and O–H groups in total. The molecule has 20 heavy (non-hydrogen) atoms. The van der Waals surface area contributed by atoms with E-state index in [2.05, 4.69) is 35.2 Å². The van der Waals surface area contributed by atoms with E-state index in [1.54, 1.807) is 0 Å². The molecule has 0 radical (unpaired) electrons. The van der Waals surface area contributed by atoms with Gasteiger partial charge in [-0.15, -0.1) is 0 Å². The van der Waals surface area contributed by atoms with Crippen molar-refractivity contribution in [3.63, 3.8) is 0 Å². The first-order valence-corrected chi connectivity index (χ1v) is 8.13. The summed E-state index contributed by atoms with van der Waals surface area (Å²) >= 11 is 0. The molecular formula is C16H30N4. The number of hydrogen-bond donors (Lipinski definition) is 1. The van der Waals surface area contributed by atoms with Gasteiger partial charge in [0.15, 0.2) is 0 Å². The third kappa shape index (κ3) is 2.91. The van der Waals surface area contributed by atoms with Crippen LogP contribution in [0.1, 0.15) is 58.2 Å². The summed E-state index contributed by atoms with van der Waals surface area (Å²) in [6.07, 6.45) is 8.93. The van der Waals surface area contributed by atoms with Gasteiger partial charge in [-0.2, -0.15) is 0 Å². The highest BCUT2D eigenvalue weighted by Crippen LogP contribution is 2.40. The first-order valence-electron chi connectivity index (χ1n) is 8.13.